The Labute approximate surface area is 119 Å². The molecule has 1 aliphatic heterocycles. The van der Waals surface area contributed by atoms with Crippen molar-refractivity contribution in [2.45, 2.75) is 35.4 Å². The van der Waals surface area contributed by atoms with E-state index in [0.717, 1.165) is 19.3 Å². The summed E-state index contributed by atoms with van der Waals surface area (Å²) in [6.07, 6.45) is 3.27. The van der Waals surface area contributed by atoms with E-state index in [1.165, 1.54) is 16.0 Å². The largest absolute Gasteiger partial charge is 0.327 e. The second kappa shape index (κ2) is 5.81. The minimum absolute atomic E-state index is 0.276. The third-order valence-electron chi connectivity index (χ3n) is 3.76. The van der Waals surface area contributed by atoms with E-state index < -0.39 is 0 Å². The van der Waals surface area contributed by atoms with Crippen molar-refractivity contribution < 1.29 is 0 Å². The van der Waals surface area contributed by atoms with Crippen LogP contribution >= 0.6 is 11.8 Å². The van der Waals surface area contributed by atoms with Crippen LogP contribution in [0, 0.1) is 0 Å². The van der Waals surface area contributed by atoms with Crippen molar-refractivity contribution in [2.75, 3.05) is 0 Å². The number of thioether (sulfide) groups is 1. The van der Waals surface area contributed by atoms with Gasteiger partial charge in [-0.1, -0.05) is 48.5 Å². The summed E-state index contributed by atoms with van der Waals surface area (Å²) < 4.78 is 0. The maximum Gasteiger partial charge on any atom is 0.0287 e. The molecule has 1 nitrogen and oxygen atoms in total. The zero-order valence-electron chi connectivity index (χ0n) is 11.0. The Morgan fingerprint density at radius 2 is 1.79 bits per heavy atom. The maximum absolute atomic E-state index is 6.39. The molecule has 1 aliphatic rings. The number of aryl methyl sites for hydroxylation is 1. The Bertz CT molecular complexity index is 513. The van der Waals surface area contributed by atoms with E-state index in [2.05, 4.69) is 54.6 Å². The van der Waals surface area contributed by atoms with E-state index in [4.69, 9.17) is 5.73 Å². The predicted octanol–water partition coefficient (Wildman–Crippen LogP) is 3.66. The van der Waals surface area contributed by atoms with E-state index in [0.29, 0.717) is 5.25 Å². The summed E-state index contributed by atoms with van der Waals surface area (Å²) in [7, 11) is 0. The molecule has 2 unspecified atom stereocenters. The van der Waals surface area contributed by atoms with Gasteiger partial charge in [-0.25, -0.2) is 0 Å². The molecule has 98 valence electrons. The molecule has 0 saturated heterocycles. The van der Waals surface area contributed by atoms with Crippen LogP contribution in [0.2, 0.25) is 0 Å². The Balaban J connectivity index is 1.57. The van der Waals surface area contributed by atoms with E-state index in [9.17, 15) is 0 Å². The fourth-order valence-corrected chi connectivity index (χ4v) is 3.97. The van der Waals surface area contributed by atoms with Crippen LogP contribution in [0.4, 0.5) is 0 Å². The minimum atomic E-state index is 0.276. The standard InChI is InChI=1S/C17H19NS/c18-15(11-10-13-6-2-1-3-7-13)17-12-14-8-4-5-9-16(14)19-17/h1-9,15,17H,10-12,18H2. The first kappa shape index (κ1) is 12.8. The van der Waals surface area contributed by atoms with Gasteiger partial charge in [0, 0.05) is 16.2 Å². The second-order valence-corrected chi connectivity index (χ2v) is 6.44. The molecule has 0 aromatic heterocycles. The van der Waals surface area contributed by atoms with Crippen molar-refractivity contribution in [3.05, 3.63) is 65.7 Å². The second-order valence-electron chi connectivity index (χ2n) is 5.16. The molecule has 3 rings (SSSR count). The molecule has 19 heavy (non-hydrogen) atoms. The smallest absolute Gasteiger partial charge is 0.0287 e. The lowest BCUT2D eigenvalue weighted by Gasteiger charge is -2.18. The molecule has 2 aromatic rings. The van der Waals surface area contributed by atoms with Gasteiger partial charge >= 0.3 is 0 Å². The summed E-state index contributed by atoms with van der Waals surface area (Å²) in [5.41, 5.74) is 9.24. The van der Waals surface area contributed by atoms with Crippen LogP contribution in [-0.4, -0.2) is 11.3 Å². The average molecular weight is 269 g/mol. The van der Waals surface area contributed by atoms with Gasteiger partial charge in [-0.15, -0.1) is 11.8 Å². The molecule has 0 amide bonds. The lowest BCUT2D eigenvalue weighted by atomic mass is 10.00. The number of rotatable bonds is 4. The van der Waals surface area contributed by atoms with Gasteiger partial charge < -0.3 is 5.73 Å². The minimum Gasteiger partial charge on any atom is -0.327 e. The molecule has 0 fully saturated rings. The zero-order valence-corrected chi connectivity index (χ0v) is 11.8. The lowest BCUT2D eigenvalue weighted by molar-refractivity contribution is 0.587. The van der Waals surface area contributed by atoms with Crippen LogP contribution in [0.25, 0.3) is 0 Å². The normalized spacial score (nSPS) is 19.1. The summed E-state index contributed by atoms with van der Waals surface area (Å²) in [6.45, 7) is 0. The predicted molar refractivity (Wildman–Crippen MR) is 82.5 cm³/mol. The van der Waals surface area contributed by atoms with Gasteiger partial charge in [0.2, 0.25) is 0 Å². The first-order valence-electron chi connectivity index (χ1n) is 6.87. The molecule has 0 saturated carbocycles. The van der Waals surface area contributed by atoms with Crippen molar-refractivity contribution in [2.24, 2.45) is 5.73 Å². The van der Waals surface area contributed by atoms with Gasteiger partial charge in [0.15, 0.2) is 0 Å². The molecular weight excluding hydrogens is 250 g/mol. The summed E-state index contributed by atoms with van der Waals surface area (Å²) in [5.74, 6) is 0. The highest BCUT2D eigenvalue weighted by atomic mass is 32.2. The molecule has 2 N–H and O–H groups in total. The van der Waals surface area contributed by atoms with Crippen LogP contribution in [-0.2, 0) is 12.8 Å². The zero-order chi connectivity index (χ0) is 13.1. The molecule has 2 heteroatoms. The quantitative estimate of drug-likeness (QED) is 0.916. The van der Waals surface area contributed by atoms with Crippen LogP contribution in [0.15, 0.2) is 59.5 Å². The van der Waals surface area contributed by atoms with Crippen LogP contribution in [0.5, 0.6) is 0 Å². The van der Waals surface area contributed by atoms with E-state index in [1.54, 1.807) is 0 Å². The van der Waals surface area contributed by atoms with Crippen molar-refractivity contribution >= 4 is 11.8 Å². The number of hydrogen-bond acceptors (Lipinski definition) is 2. The monoisotopic (exact) mass is 269 g/mol. The SMILES string of the molecule is NC(CCc1ccccc1)C1Cc2ccccc2S1. The third-order valence-corrected chi connectivity index (χ3v) is 5.23. The third kappa shape index (κ3) is 3.02. The Morgan fingerprint density at radius 1 is 1.05 bits per heavy atom. The van der Waals surface area contributed by atoms with Crippen LogP contribution < -0.4 is 5.73 Å². The molecule has 2 atom stereocenters. The molecule has 0 bridgehead atoms. The molecule has 0 aliphatic carbocycles. The number of benzene rings is 2. The first-order valence-corrected chi connectivity index (χ1v) is 7.75. The highest BCUT2D eigenvalue weighted by Crippen LogP contribution is 2.38. The molecule has 0 spiro atoms. The van der Waals surface area contributed by atoms with Crippen LogP contribution in [0.1, 0.15) is 17.5 Å². The van der Waals surface area contributed by atoms with Gasteiger partial charge in [0.25, 0.3) is 0 Å². The van der Waals surface area contributed by atoms with Crippen molar-refractivity contribution in [3.63, 3.8) is 0 Å². The van der Waals surface area contributed by atoms with E-state index in [-0.39, 0.29) is 6.04 Å². The topological polar surface area (TPSA) is 26.0 Å². The summed E-state index contributed by atoms with van der Waals surface area (Å²) in [5, 5.41) is 0.543. The van der Waals surface area contributed by atoms with E-state index >= 15 is 0 Å². The fraction of sp³-hybridized carbons (Fsp3) is 0.294. The Kier molecular flexibility index (Phi) is 3.90. The molecule has 2 aromatic carbocycles. The Morgan fingerprint density at radius 3 is 2.58 bits per heavy atom. The summed E-state index contributed by atoms with van der Waals surface area (Å²) >= 11 is 1.95. The highest BCUT2D eigenvalue weighted by molar-refractivity contribution is 8.00. The van der Waals surface area contributed by atoms with Gasteiger partial charge in [-0.3, -0.25) is 0 Å². The number of nitrogens with two attached hydrogens (primary N) is 1. The molecule has 1 heterocycles. The van der Waals surface area contributed by atoms with Crippen molar-refractivity contribution in [1.82, 2.24) is 0 Å². The van der Waals surface area contributed by atoms with Crippen molar-refractivity contribution in [1.29, 1.82) is 0 Å². The Hall–Kier alpha value is -1.25. The number of fused-ring (bicyclic) bond motifs is 1. The first-order chi connectivity index (χ1) is 9.33. The molecular formula is C17H19NS. The van der Waals surface area contributed by atoms with Crippen molar-refractivity contribution in [3.8, 4) is 0 Å². The summed E-state index contributed by atoms with van der Waals surface area (Å²) in [4.78, 5) is 1.42. The van der Waals surface area contributed by atoms with Gasteiger partial charge in [-0.2, -0.15) is 0 Å². The number of hydrogen-bond donors (Lipinski definition) is 1. The summed E-state index contributed by atoms with van der Waals surface area (Å²) in [6, 6.07) is 19.6. The average Bonchev–Trinajstić information content (AvgIpc) is 2.90. The van der Waals surface area contributed by atoms with Gasteiger partial charge in [0.1, 0.15) is 0 Å². The highest BCUT2D eigenvalue weighted by Gasteiger charge is 2.26. The molecule has 0 radical (unpaired) electrons. The van der Waals surface area contributed by atoms with E-state index in [1.807, 2.05) is 11.8 Å². The fourth-order valence-electron chi connectivity index (χ4n) is 2.61. The van der Waals surface area contributed by atoms with Gasteiger partial charge in [0.05, 0.1) is 0 Å². The van der Waals surface area contributed by atoms with Crippen LogP contribution in [0.3, 0.4) is 0 Å². The van der Waals surface area contributed by atoms with Gasteiger partial charge in [-0.05, 0) is 36.5 Å². The lowest BCUT2D eigenvalue weighted by Crippen LogP contribution is -2.32. The maximum atomic E-state index is 6.39.